The lowest BCUT2D eigenvalue weighted by Crippen LogP contribution is -2.46. The molecule has 0 radical (unpaired) electrons. The average Bonchev–Trinajstić information content (AvgIpc) is 1.53. The van der Waals surface area contributed by atoms with Crippen molar-refractivity contribution in [2.75, 3.05) is 20.6 Å². The molecule has 1 aliphatic rings. The van der Waals surface area contributed by atoms with E-state index in [0.29, 0.717) is 6.54 Å². The highest BCUT2D eigenvalue weighted by Crippen LogP contribution is 2.42. The maximum Gasteiger partial charge on any atom is 0.249 e. The van der Waals surface area contributed by atoms with Crippen molar-refractivity contribution in [1.29, 1.82) is 0 Å². The van der Waals surface area contributed by atoms with Gasteiger partial charge in [-0.15, -0.1) is 0 Å². The van der Waals surface area contributed by atoms with E-state index in [1.165, 1.54) is 14.1 Å². The second-order valence-corrected chi connectivity index (χ2v) is 3.89. The SMILES string of the molecule is C[N+](C)([O-])CC1CC(F)(F)C1.O. The summed E-state index contributed by atoms with van der Waals surface area (Å²) in [7, 11) is 2.97. The number of rotatable bonds is 2. The van der Waals surface area contributed by atoms with Crippen molar-refractivity contribution < 1.29 is 18.9 Å². The third-order valence-electron chi connectivity index (χ3n) is 1.87. The van der Waals surface area contributed by atoms with Crippen LogP contribution in [0.4, 0.5) is 8.78 Å². The Hall–Kier alpha value is -0.260. The fraction of sp³-hybridized carbons (Fsp3) is 1.00. The fourth-order valence-corrected chi connectivity index (χ4v) is 1.54. The quantitative estimate of drug-likeness (QED) is 0.461. The van der Waals surface area contributed by atoms with Gasteiger partial charge in [-0.1, -0.05) is 0 Å². The molecule has 5 heteroatoms. The van der Waals surface area contributed by atoms with Crippen molar-refractivity contribution in [2.45, 2.75) is 18.8 Å². The molecule has 0 aromatic heterocycles. The molecule has 2 N–H and O–H groups in total. The maximum absolute atomic E-state index is 12.3. The minimum absolute atomic E-state index is 0. The van der Waals surface area contributed by atoms with Gasteiger partial charge in [0.1, 0.15) is 0 Å². The molecule has 0 spiro atoms. The summed E-state index contributed by atoms with van der Waals surface area (Å²) in [6.07, 6.45) is -0.201. The Bertz CT molecular complexity index is 148. The summed E-state index contributed by atoms with van der Waals surface area (Å²) < 4.78 is 24.1. The lowest BCUT2D eigenvalue weighted by Gasteiger charge is -2.42. The first-order valence-electron chi connectivity index (χ1n) is 3.70. The van der Waals surface area contributed by atoms with E-state index in [0.717, 1.165) is 0 Å². The Kier molecular flexibility index (Phi) is 3.17. The van der Waals surface area contributed by atoms with Gasteiger partial charge in [0.05, 0.1) is 20.6 Å². The summed E-state index contributed by atoms with van der Waals surface area (Å²) in [4.78, 5) is 0. The van der Waals surface area contributed by atoms with E-state index in [4.69, 9.17) is 0 Å². The monoisotopic (exact) mass is 183 g/mol. The Morgan fingerprint density at radius 2 is 1.83 bits per heavy atom. The van der Waals surface area contributed by atoms with Crippen molar-refractivity contribution >= 4 is 0 Å². The Morgan fingerprint density at radius 3 is 2.08 bits per heavy atom. The van der Waals surface area contributed by atoms with Gasteiger partial charge < -0.3 is 15.3 Å². The summed E-state index contributed by atoms with van der Waals surface area (Å²) in [6, 6.07) is 0. The highest BCUT2D eigenvalue weighted by molar-refractivity contribution is 4.85. The van der Waals surface area contributed by atoms with Crippen LogP contribution in [0.2, 0.25) is 0 Å². The normalized spacial score (nSPS) is 22.8. The third-order valence-corrected chi connectivity index (χ3v) is 1.87. The van der Waals surface area contributed by atoms with Gasteiger partial charge in [-0.25, -0.2) is 8.78 Å². The first kappa shape index (κ1) is 11.7. The predicted molar refractivity (Wildman–Crippen MR) is 41.6 cm³/mol. The standard InChI is InChI=1S/C7H13F2NO.H2O/c1-10(2,11)5-6-3-7(8,9)4-6;/h6H,3-5H2,1-2H3;1H2. The van der Waals surface area contributed by atoms with E-state index in [9.17, 15) is 14.0 Å². The molecule has 1 fully saturated rings. The lowest BCUT2D eigenvalue weighted by atomic mass is 9.81. The second-order valence-electron chi connectivity index (χ2n) is 3.89. The Labute approximate surface area is 70.5 Å². The molecule has 0 saturated heterocycles. The molecule has 0 unspecified atom stereocenters. The molecule has 0 aromatic rings. The zero-order valence-corrected chi connectivity index (χ0v) is 7.31. The fourth-order valence-electron chi connectivity index (χ4n) is 1.54. The van der Waals surface area contributed by atoms with Crippen molar-refractivity contribution in [3.05, 3.63) is 5.21 Å². The average molecular weight is 183 g/mol. The predicted octanol–water partition coefficient (Wildman–Crippen LogP) is 0.781. The van der Waals surface area contributed by atoms with E-state index in [2.05, 4.69) is 0 Å². The smallest absolute Gasteiger partial charge is 0.249 e. The highest BCUT2D eigenvalue weighted by Gasteiger charge is 2.46. The number of alkyl halides is 2. The molecule has 0 amide bonds. The van der Waals surface area contributed by atoms with E-state index in [1.54, 1.807) is 0 Å². The van der Waals surface area contributed by atoms with Crippen molar-refractivity contribution in [3.63, 3.8) is 0 Å². The van der Waals surface area contributed by atoms with Gasteiger partial charge in [-0.05, 0) is 0 Å². The summed E-state index contributed by atoms with van der Waals surface area (Å²) in [5.74, 6) is -2.56. The number of hydrogen-bond donors (Lipinski definition) is 0. The van der Waals surface area contributed by atoms with Gasteiger partial charge in [0, 0.05) is 18.8 Å². The molecule has 1 saturated carbocycles. The molecule has 1 rings (SSSR count). The topological polar surface area (TPSA) is 54.6 Å². The van der Waals surface area contributed by atoms with E-state index in [1.807, 2.05) is 0 Å². The van der Waals surface area contributed by atoms with Crippen LogP contribution in [-0.2, 0) is 0 Å². The second kappa shape index (κ2) is 3.24. The van der Waals surface area contributed by atoms with Gasteiger partial charge in [-0.2, -0.15) is 0 Å². The molecule has 0 aromatic carbocycles. The number of hydrogen-bond acceptors (Lipinski definition) is 1. The number of halogens is 2. The van der Waals surface area contributed by atoms with Gasteiger partial charge in [0.2, 0.25) is 5.92 Å². The molecule has 12 heavy (non-hydrogen) atoms. The number of quaternary nitrogens is 1. The summed E-state index contributed by atoms with van der Waals surface area (Å²) in [5.41, 5.74) is 0. The summed E-state index contributed by atoms with van der Waals surface area (Å²) in [6.45, 7) is 0.315. The van der Waals surface area contributed by atoms with Crippen molar-refractivity contribution in [1.82, 2.24) is 0 Å². The van der Waals surface area contributed by atoms with Gasteiger partial charge in [0.15, 0.2) is 0 Å². The Morgan fingerprint density at radius 1 is 1.42 bits per heavy atom. The van der Waals surface area contributed by atoms with Gasteiger partial charge in [-0.3, -0.25) is 0 Å². The van der Waals surface area contributed by atoms with E-state index >= 15 is 0 Å². The van der Waals surface area contributed by atoms with Crippen molar-refractivity contribution in [2.24, 2.45) is 5.92 Å². The highest BCUT2D eigenvalue weighted by atomic mass is 19.3. The molecule has 1 aliphatic carbocycles. The lowest BCUT2D eigenvalue weighted by molar-refractivity contribution is -0.845. The maximum atomic E-state index is 12.3. The first-order chi connectivity index (χ1) is 4.79. The van der Waals surface area contributed by atoms with Crippen molar-refractivity contribution in [3.8, 4) is 0 Å². The minimum atomic E-state index is -2.49. The molecule has 0 bridgehead atoms. The first-order valence-corrected chi connectivity index (χ1v) is 3.70. The summed E-state index contributed by atoms with van der Waals surface area (Å²) in [5, 5.41) is 11.0. The van der Waals surface area contributed by atoms with Gasteiger partial charge >= 0.3 is 0 Å². The van der Waals surface area contributed by atoms with Crippen LogP contribution in [0, 0.1) is 11.1 Å². The van der Waals surface area contributed by atoms with Crippen LogP contribution in [0.1, 0.15) is 12.8 Å². The van der Waals surface area contributed by atoms with Crippen LogP contribution in [0.5, 0.6) is 0 Å². The number of nitrogens with zero attached hydrogens (tertiary/aromatic N) is 1. The largest absolute Gasteiger partial charge is 0.633 e. The van der Waals surface area contributed by atoms with Crippen LogP contribution >= 0.6 is 0 Å². The van der Waals surface area contributed by atoms with Crippen LogP contribution < -0.4 is 0 Å². The summed E-state index contributed by atoms with van der Waals surface area (Å²) >= 11 is 0. The van der Waals surface area contributed by atoms with E-state index in [-0.39, 0.29) is 24.2 Å². The molecule has 0 atom stereocenters. The molecule has 0 heterocycles. The molecule has 74 valence electrons. The van der Waals surface area contributed by atoms with Gasteiger partial charge in [0.25, 0.3) is 0 Å². The molecule has 0 aliphatic heterocycles. The molecule has 3 nitrogen and oxygen atoms in total. The zero-order chi connectivity index (χ0) is 8.70. The Balaban J connectivity index is 0.00000121. The minimum Gasteiger partial charge on any atom is -0.633 e. The van der Waals surface area contributed by atoms with E-state index < -0.39 is 10.6 Å². The third kappa shape index (κ3) is 3.42. The van der Waals surface area contributed by atoms with Crippen LogP contribution in [0.25, 0.3) is 0 Å². The van der Waals surface area contributed by atoms with Crippen LogP contribution in [0.15, 0.2) is 0 Å². The van der Waals surface area contributed by atoms with Crippen LogP contribution in [0.3, 0.4) is 0 Å². The number of hydroxylamine groups is 3. The molecular formula is C7H15F2NO2. The molecular weight excluding hydrogens is 168 g/mol. The van der Waals surface area contributed by atoms with Crippen LogP contribution in [-0.4, -0.2) is 36.7 Å². The zero-order valence-electron chi connectivity index (χ0n) is 7.31.